The molecule has 0 fully saturated rings. The van der Waals surface area contributed by atoms with Crippen LogP contribution < -0.4 is 10.2 Å². The van der Waals surface area contributed by atoms with Gasteiger partial charge in [0, 0.05) is 30.8 Å². The van der Waals surface area contributed by atoms with Gasteiger partial charge in [-0.3, -0.25) is 0 Å². The number of aromatic nitrogens is 1. The van der Waals surface area contributed by atoms with Crippen molar-refractivity contribution in [3.8, 4) is 0 Å². The monoisotopic (exact) mass is 333 g/mol. The van der Waals surface area contributed by atoms with E-state index in [-0.39, 0.29) is 0 Å². The standard InChI is InChI=1S/C16H20BrN3/c1-3-18-10-14-7-8-16(19-11-14)20(2)12-13-5-4-6-15(17)9-13/h4-9,11,18H,3,10,12H2,1-2H3. The average Bonchev–Trinajstić information content (AvgIpc) is 2.45. The number of anilines is 1. The van der Waals surface area contributed by atoms with Crippen LogP contribution >= 0.6 is 15.9 Å². The number of pyridine rings is 1. The summed E-state index contributed by atoms with van der Waals surface area (Å²) in [5, 5.41) is 3.30. The molecule has 0 saturated carbocycles. The molecule has 1 N–H and O–H groups in total. The van der Waals surface area contributed by atoms with Crippen molar-refractivity contribution in [2.75, 3.05) is 18.5 Å². The summed E-state index contributed by atoms with van der Waals surface area (Å²) in [7, 11) is 2.06. The minimum Gasteiger partial charge on any atom is -0.355 e. The first-order valence-corrected chi connectivity index (χ1v) is 7.59. The molecule has 3 nitrogen and oxygen atoms in total. The lowest BCUT2D eigenvalue weighted by molar-refractivity contribution is 0.724. The van der Waals surface area contributed by atoms with Crippen LogP contribution in [0.4, 0.5) is 5.82 Å². The molecule has 2 aromatic rings. The van der Waals surface area contributed by atoms with Crippen molar-refractivity contribution in [3.05, 3.63) is 58.2 Å². The normalized spacial score (nSPS) is 10.6. The van der Waals surface area contributed by atoms with Crippen LogP contribution in [0.3, 0.4) is 0 Å². The maximum Gasteiger partial charge on any atom is 0.128 e. The second-order valence-electron chi connectivity index (χ2n) is 4.79. The van der Waals surface area contributed by atoms with Crippen LogP contribution in [0.2, 0.25) is 0 Å². The van der Waals surface area contributed by atoms with Gasteiger partial charge in [-0.05, 0) is 35.9 Å². The largest absolute Gasteiger partial charge is 0.355 e. The van der Waals surface area contributed by atoms with Crippen LogP contribution in [0.25, 0.3) is 0 Å². The fraction of sp³-hybridized carbons (Fsp3) is 0.312. The van der Waals surface area contributed by atoms with Gasteiger partial charge >= 0.3 is 0 Å². The molecular formula is C16H20BrN3. The van der Waals surface area contributed by atoms with Crippen LogP contribution in [-0.2, 0) is 13.1 Å². The summed E-state index contributed by atoms with van der Waals surface area (Å²) >= 11 is 3.50. The summed E-state index contributed by atoms with van der Waals surface area (Å²) < 4.78 is 1.11. The van der Waals surface area contributed by atoms with Crippen LogP contribution in [0, 0.1) is 0 Å². The molecule has 0 spiro atoms. The van der Waals surface area contributed by atoms with Crippen LogP contribution in [0.1, 0.15) is 18.1 Å². The Morgan fingerprint density at radius 2 is 2.05 bits per heavy atom. The molecule has 0 aliphatic heterocycles. The molecule has 106 valence electrons. The SMILES string of the molecule is CCNCc1ccc(N(C)Cc2cccc(Br)c2)nc1. The Bertz CT molecular complexity index is 540. The molecule has 20 heavy (non-hydrogen) atoms. The van der Waals surface area contributed by atoms with Gasteiger partial charge in [0.25, 0.3) is 0 Å². The highest BCUT2D eigenvalue weighted by atomic mass is 79.9. The van der Waals surface area contributed by atoms with Gasteiger partial charge in [0.2, 0.25) is 0 Å². The molecule has 0 unspecified atom stereocenters. The quantitative estimate of drug-likeness (QED) is 0.875. The first-order valence-electron chi connectivity index (χ1n) is 6.80. The van der Waals surface area contributed by atoms with Gasteiger partial charge in [0.15, 0.2) is 0 Å². The van der Waals surface area contributed by atoms with Crippen LogP contribution in [0.15, 0.2) is 47.1 Å². The third-order valence-electron chi connectivity index (χ3n) is 3.09. The first kappa shape index (κ1) is 15.0. The fourth-order valence-electron chi connectivity index (χ4n) is 2.01. The Morgan fingerprint density at radius 3 is 2.70 bits per heavy atom. The van der Waals surface area contributed by atoms with E-state index in [1.54, 1.807) is 0 Å². The van der Waals surface area contributed by atoms with Gasteiger partial charge in [-0.1, -0.05) is 41.1 Å². The lowest BCUT2D eigenvalue weighted by Gasteiger charge is -2.18. The minimum absolute atomic E-state index is 0.846. The third kappa shape index (κ3) is 4.32. The number of benzene rings is 1. The molecule has 4 heteroatoms. The summed E-state index contributed by atoms with van der Waals surface area (Å²) in [5.74, 6) is 0.991. The Labute approximate surface area is 129 Å². The molecule has 0 radical (unpaired) electrons. The Hall–Kier alpha value is -1.39. The van der Waals surface area contributed by atoms with E-state index < -0.39 is 0 Å². The molecule has 0 saturated heterocycles. The highest BCUT2D eigenvalue weighted by Crippen LogP contribution is 2.16. The molecule has 0 bridgehead atoms. The Balaban J connectivity index is 2.00. The van der Waals surface area contributed by atoms with Crippen molar-refractivity contribution in [1.29, 1.82) is 0 Å². The van der Waals surface area contributed by atoms with Crippen molar-refractivity contribution in [2.45, 2.75) is 20.0 Å². The summed E-state index contributed by atoms with van der Waals surface area (Å²) in [5.41, 5.74) is 2.48. The van der Waals surface area contributed by atoms with E-state index in [0.717, 1.165) is 29.9 Å². The zero-order valence-corrected chi connectivity index (χ0v) is 13.5. The zero-order valence-electron chi connectivity index (χ0n) is 11.9. The van der Waals surface area contributed by atoms with Gasteiger partial charge < -0.3 is 10.2 Å². The van der Waals surface area contributed by atoms with Crippen molar-refractivity contribution >= 4 is 21.7 Å². The molecule has 0 aliphatic rings. The minimum atomic E-state index is 0.846. The zero-order chi connectivity index (χ0) is 14.4. The summed E-state index contributed by atoms with van der Waals surface area (Å²) in [6, 6.07) is 12.6. The molecule has 0 atom stereocenters. The summed E-state index contributed by atoms with van der Waals surface area (Å²) in [4.78, 5) is 6.68. The van der Waals surface area contributed by atoms with Gasteiger partial charge in [-0.25, -0.2) is 4.98 Å². The van der Waals surface area contributed by atoms with Gasteiger partial charge in [0.1, 0.15) is 5.82 Å². The van der Waals surface area contributed by atoms with Crippen molar-refractivity contribution in [2.24, 2.45) is 0 Å². The van der Waals surface area contributed by atoms with Crippen LogP contribution in [-0.4, -0.2) is 18.6 Å². The van der Waals surface area contributed by atoms with E-state index in [2.05, 4.69) is 75.4 Å². The number of hydrogen-bond donors (Lipinski definition) is 1. The molecule has 1 heterocycles. The lowest BCUT2D eigenvalue weighted by Crippen LogP contribution is -2.18. The van der Waals surface area contributed by atoms with E-state index in [1.807, 2.05) is 12.3 Å². The highest BCUT2D eigenvalue weighted by Gasteiger charge is 2.04. The number of nitrogens with zero attached hydrogens (tertiary/aromatic N) is 2. The van der Waals surface area contributed by atoms with Gasteiger partial charge in [-0.2, -0.15) is 0 Å². The molecule has 0 amide bonds. The van der Waals surface area contributed by atoms with E-state index in [1.165, 1.54) is 11.1 Å². The van der Waals surface area contributed by atoms with Crippen molar-refractivity contribution < 1.29 is 0 Å². The summed E-state index contributed by atoms with van der Waals surface area (Å²) in [6.45, 7) is 4.80. The van der Waals surface area contributed by atoms with Gasteiger partial charge in [0.05, 0.1) is 0 Å². The van der Waals surface area contributed by atoms with Crippen molar-refractivity contribution in [3.63, 3.8) is 0 Å². The van der Waals surface area contributed by atoms with E-state index in [0.29, 0.717) is 0 Å². The second kappa shape index (κ2) is 7.41. The topological polar surface area (TPSA) is 28.2 Å². The summed E-state index contributed by atoms with van der Waals surface area (Å²) in [6.07, 6.45) is 1.94. The molecular weight excluding hydrogens is 314 g/mol. The molecule has 1 aromatic heterocycles. The van der Waals surface area contributed by atoms with E-state index in [9.17, 15) is 0 Å². The van der Waals surface area contributed by atoms with Crippen LogP contribution in [0.5, 0.6) is 0 Å². The lowest BCUT2D eigenvalue weighted by atomic mass is 10.2. The fourth-order valence-corrected chi connectivity index (χ4v) is 2.45. The maximum absolute atomic E-state index is 4.52. The number of nitrogens with one attached hydrogen (secondary N) is 1. The molecule has 0 aliphatic carbocycles. The Kier molecular flexibility index (Phi) is 5.56. The molecule has 1 aromatic carbocycles. The number of hydrogen-bond acceptors (Lipinski definition) is 3. The predicted molar refractivity (Wildman–Crippen MR) is 87.9 cm³/mol. The number of rotatable bonds is 6. The van der Waals surface area contributed by atoms with E-state index >= 15 is 0 Å². The molecule has 2 rings (SSSR count). The highest BCUT2D eigenvalue weighted by molar-refractivity contribution is 9.10. The Morgan fingerprint density at radius 1 is 1.20 bits per heavy atom. The smallest absolute Gasteiger partial charge is 0.128 e. The average molecular weight is 334 g/mol. The third-order valence-corrected chi connectivity index (χ3v) is 3.58. The van der Waals surface area contributed by atoms with Crippen molar-refractivity contribution in [1.82, 2.24) is 10.3 Å². The predicted octanol–water partition coefficient (Wildman–Crippen LogP) is 3.59. The van der Waals surface area contributed by atoms with Gasteiger partial charge in [-0.15, -0.1) is 0 Å². The maximum atomic E-state index is 4.52. The first-order chi connectivity index (χ1) is 9.69. The number of halogens is 1. The second-order valence-corrected chi connectivity index (χ2v) is 5.71. The van der Waals surface area contributed by atoms with E-state index in [4.69, 9.17) is 0 Å².